The molecule has 26 heavy (non-hydrogen) atoms. The van der Waals surface area contributed by atoms with Crippen molar-refractivity contribution < 1.29 is 23.1 Å². The van der Waals surface area contributed by atoms with Crippen LogP contribution in [0.4, 0.5) is 8.78 Å². The molecule has 2 aromatic rings. The van der Waals surface area contributed by atoms with Crippen molar-refractivity contribution in [2.45, 2.75) is 25.5 Å². The van der Waals surface area contributed by atoms with Crippen LogP contribution in [0.1, 0.15) is 30.5 Å². The number of hydrogen-bond donors (Lipinski definition) is 1. The van der Waals surface area contributed by atoms with Gasteiger partial charge in [-0.15, -0.1) is 0 Å². The average Bonchev–Trinajstić information content (AvgIpc) is 3.12. The first-order valence-corrected chi connectivity index (χ1v) is 8.10. The summed E-state index contributed by atoms with van der Waals surface area (Å²) in [7, 11) is 1.39. The summed E-state index contributed by atoms with van der Waals surface area (Å²) in [5.74, 6) is -1.11. The first-order chi connectivity index (χ1) is 12.5. The molecule has 0 bridgehead atoms. The van der Waals surface area contributed by atoms with Gasteiger partial charge in [-0.25, -0.2) is 8.78 Å². The topological polar surface area (TPSA) is 59.9 Å². The van der Waals surface area contributed by atoms with Gasteiger partial charge in [-0.2, -0.15) is 0 Å². The Hall–Kier alpha value is -2.96. The van der Waals surface area contributed by atoms with Crippen LogP contribution in [0.15, 0.2) is 47.6 Å². The molecule has 0 saturated heterocycles. The molecule has 1 N–H and O–H groups in total. The highest BCUT2D eigenvalue weighted by Gasteiger charge is 2.30. The van der Waals surface area contributed by atoms with Crippen LogP contribution >= 0.6 is 0 Å². The predicted octanol–water partition coefficient (Wildman–Crippen LogP) is 3.34. The van der Waals surface area contributed by atoms with Crippen molar-refractivity contribution in [2.75, 3.05) is 7.11 Å². The van der Waals surface area contributed by atoms with Crippen molar-refractivity contribution in [3.05, 3.63) is 65.2 Å². The highest BCUT2D eigenvalue weighted by atomic mass is 19.1. The normalized spacial score (nSPS) is 17.2. The maximum absolute atomic E-state index is 13.8. The van der Waals surface area contributed by atoms with E-state index in [4.69, 9.17) is 9.57 Å². The lowest BCUT2D eigenvalue weighted by Gasteiger charge is -2.17. The van der Waals surface area contributed by atoms with Crippen LogP contribution in [0, 0.1) is 11.6 Å². The monoisotopic (exact) mass is 360 g/mol. The van der Waals surface area contributed by atoms with E-state index in [9.17, 15) is 13.6 Å². The maximum atomic E-state index is 13.8. The third-order valence-corrected chi connectivity index (χ3v) is 4.15. The molecule has 0 saturated carbocycles. The fourth-order valence-electron chi connectivity index (χ4n) is 2.70. The molecule has 1 aliphatic rings. The van der Waals surface area contributed by atoms with E-state index in [1.807, 2.05) is 0 Å². The van der Waals surface area contributed by atoms with E-state index in [-0.39, 0.29) is 23.9 Å². The summed E-state index contributed by atoms with van der Waals surface area (Å²) in [6, 6.07) is 10.0. The van der Waals surface area contributed by atoms with Gasteiger partial charge in [0.25, 0.3) is 5.91 Å². The Morgan fingerprint density at radius 1 is 1.31 bits per heavy atom. The van der Waals surface area contributed by atoms with Crippen LogP contribution in [0.5, 0.6) is 5.75 Å². The first-order valence-electron chi connectivity index (χ1n) is 8.10. The van der Waals surface area contributed by atoms with Crippen molar-refractivity contribution in [3.8, 4) is 5.75 Å². The zero-order chi connectivity index (χ0) is 18.7. The standard InChI is InChI=1S/C19H18F2N2O3/c1-11(12-6-7-17(25-2)15(21)9-12)22-19(24)18-10-16(23-26-18)13-4-3-5-14(20)8-13/h3-9,11,18H,10H2,1-2H3,(H,22,24)/t11-,18-/m0/s1. The second-order valence-electron chi connectivity index (χ2n) is 5.97. The summed E-state index contributed by atoms with van der Waals surface area (Å²) in [4.78, 5) is 17.6. The number of rotatable bonds is 5. The van der Waals surface area contributed by atoms with Crippen LogP contribution in [-0.2, 0) is 9.63 Å². The molecule has 5 nitrogen and oxygen atoms in total. The van der Waals surface area contributed by atoms with Crippen LogP contribution in [0.25, 0.3) is 0 Å². The zero-order valence-corrected chi connectivity index (χ0v) is 14.3. The Bertz CT molecular complexity index is 854. The largest absolute Gasteiger partial charge is 0.494 e. The smallest absolute Gasteiger partial charge is 0.264 e. The number of carbonyl (C=O) groups is 1. The molecule has 1 amide bonds. The van der Waals surface area contributed by atoms with Crippen molar-refractivity contribution in [2.24, 2.45) is 5.16 Å². The third kappa shape index (κ3) is 3.82. The molecule has 0 unspecified atom stereocenters. The van der Waals surface area contributed by atoms with Gasteiger partial charge in [0.05, 0.1) is 18.9 Å². The van der Waals surface area contributed by atoms with Crippen LogP contribution < -0.4 is 10.1 Å². The second kappa shape index (κ2) is 7.51. The van der Waals surface area contributed by atoms with Crippen LogP contribution in [0.3, 0.4) is 0 Å². The zero-order valence-electron chi connectivity index (χ0n) is 14.3. The number of halogens is 2. The molecule has 0 fully saturated rings. The molecule has 0 spiro atoms. The molecule has 136 valence electrons. The van der Waals surface area contributed by atoms with Gasteiger partial charge >= 0.3 is 0 Å². The maximum Gasteiger partial charge on any atom is 0.264 e. The lowest BCUT2D eigenvalue weighted by Crippen LogP contribution is -2.36. The Kier molecular flexibility index (Phi) is 5.16. The number of hydrogen-bond acceptors (Lipinski definition) is 4. The molecular formula is C19H18F2N2O3. The van der Waals surface area contributed by atoms with E-state index in [0.717, 1.165) is 0 Å². The fraction of sp³-hybridized carbons (Fsp3) is 0.263. The summed E-state index contributed by atoms with van der Waals surface area (Å²) in [5.41, 5.74) is 1.68. The van der Waals surface area contributed by atoms with E-state index in [1.165, 1.54) is 31.4 Å². The summed E-state index contributed by atoms with van der Waals surface area (Å²) in [6.07, 6.45) is -0.572. The summed E-state index contributed by atoms with van der Waals surface area (Å²) < 4.78 is 32.0. The van der Waals surface area contributed by atoms with Gasteiger partial charge in [0.2, 0.25) is 6.10 Å². The highest BCUT2D eigenvalue weighted by Crippen LogP contribution is 2.23. The minimum Gasteiger partial charge on any atom is -0.494 e. The lowest BCUT2D eigenvalue weighted by molar-refractivity contribution is -0.131. The molecular weight excluding hydrogens is 342 g/mol. The Morgan fingerprint density at radius 2 is 2.12 bits per heavy atom. The predicted molar refractivity (Wildman–Crippen MR) is 91.9 cm³/mol. The molecule has 2 atom stereocenters. The molecule has 1 aliphatic heterocycles. The van der Waals surface area contributed by atoms with E-state index in [0.29, 0.717) is 16.8 Å². The molecule has 0 aliphatic carbocycles. The number of carbonyl (C=O) groups excluding carboxylic acids is 1. The third-order valence-electron chi connectivity index (χ3n) is 4.15. The van der Waals surface area contributed by atoms with Gasteiger partial charge in [0.15, 0.2) is 11.6 Å². The van der Waals surface area contributed by atoms with Crippen LogP contribution in [0.2, 0.25) is 0 Å². The number of methoxy groups -OCH3 is 1. The SMILES string of the molecule is COc1ccc([C@H](C)NC(=O)[C@@H]2CC(c3cccc(F)c3)=NO2)cc1F. The second-order valence-corrected chi connectivity index (χ2v) is 5.97. The molecule has 1 heterocycles. The summed E-state index contributed by atoms with van der Waals surface area (Å²) in [6.45, 7) is 1.74. The Balaban J connectivity index is 1.61. The van der Waals surface area contributed by atoms with E-state index in [1.54, 1.807) is 25.1 Å². The molecule has 0 radical (unpaired) electrons. The van der Waals surface area contributed by atoms with Crippen molar-refractivity contribution in [1.82, 2.24) is 5.32 Å². The molecule has 7 heteroatoms. The van der Waals surface area contributed by atoms with Crippen molar-refractivity contribution >= 4 is 11.6 Å². The highest BCUT2D eigenvalue weighted by molar-refractivity contribution is 6.04. The van der Waals surface area contributed by atoms with Gasteiger partial charge in [-0.1, -0.05) is 23.4 Å². The van der Waals surface area contributed by atoms with Crippen molar-refractivity contribution in [1.29, 1.82) is 0 Å². The van der Waals surface area contributed by atoms with E-state index in [2.05, 4.69) is 10.5 Å². The number of amides is 1. The lowest BCUT2D eigenvalue weighted by atomic mass is 10.0. The summed E-state index contributed by atoms with van der Waals surface area (Å²) >= 11 is 0. The Labute approximate surface area is 149 Å². The van der Waals surface area contributed by atoms with Crippen molar-refractivity contribution in [3.63, 3.8) is 0 Å². The Morgan fingerprint density at radius 3 is 2.81 bits per heavy atom. The minimum atomic E-state index is -0.807. The van der Waals surface area contributed by atoms with Gasteiger partial charge in [0.1, 0.15) is 5.82 Å². The number of nitrogens with zero attached hydrogens (tertiary/aromatic N) is 1. The number of benzene rings is 2. The fourth-order valence-corrected chi connectivity index (χ4v) is 2.70. The first kappa shape index (κ1) is 17.8. The number of ether oxygens (including phenoxy) is 1. The quantitative estimate of drug-likeness (QED) is 0.890. The number of oxime groups is 1. The van der Waals surface area contributed by atoms with E-state index < -0.39 is 18.0 Å². The van der Waals surface area contributed by atoms with Gasteiger partial charge in [-0.3, -0.25) is 4.79 Å². The van der Waals surface area contributed by atoms with E-state index >= 15 is 0 Å². The average molecular weight is 360 g/mol. The van der Waals surface area contributed by atoms with Gasteiger partial charge in [-0.05, 0) is 36.8 Å². The van der Waals surface area contributed by atoms with Gasteiger partial charge < -0.3 is 14.9 Å². The molecule has 0 aromatic heterocycles. The summed E-state index contributed by atoms with van der Waals surface area (Å²) in [5, 5.41) is 6.65. The van der Waals surface area contributed by atoms with Gasteiger partial charge in [0, 0.05) is 12.0 Å². The molecule has 3 rings (SSSR count). The number of nitrogens with one attached hydrogen (secondary N) is 1. The minimum absolute atomic E-state index is 0.138. The van der Waals surface area contributed by atoms with Crippen LogP contribution in [-0.4, -0.2) is 24.8 Å². The molecule has 2 aromatic carbocycles.